The van der Waals surface area contributed by atoms with Gasteiger partial charge in [0, 0.05) is 12.1 Å². The Hall–Kier alpha value is -1.71. The lowest BCUT2D eigenvalue weighted by Crippen LogP contribution is -1.98. The SMILES string of the molecule is CCOC(=O)/C=C\c1cc(F)cc(F)c1. The van der Waals surface area contributed by atoms with E-state index in [2.05, 4.69) is 4.74 Å². The number of hydrogen-bond acceptors (Lipinski definition) is 2. The molecule has 0 aliphatic heterocycles. The predicted octanol–water partition coefficient (Wildman–Crippen LogP) is 2.54. The van der Waals surface area contributed by atoms with Gasteiger partial charge in [0.2, 0.25) is 0 Å². The summed E-state index contributed by atoms with van der Waals surface area (Å²) in [6.45, 7) is 1.94. The summed E-state index contributed by atoms with van der Waals surface area (Å²) in [5, 5.41) is 0. The molecule has 80 valence electrons. The number of ether oxygens (including phenoxy) is 1. The Kier molecular flexibility index (Phi) is 3.97. The standard InChI is InChI=1S/C11H10F2O2/c1-2-15-11(14)4-3-8-5-9(12)7-10(13)6-8/h3-7H,2H2,1H3/b4-3-. The van der Waals surface area contributed by atoms with Crippen molar-refractivity contribution >= 4 is 12.0 Å². The highest BCUT2D eigenvalue weighted by molar-refractivity contribution is 5.86. The third-order valence-electron chi connectivity index (χ3n) is 1.58. The number of benzene rings is 1. The first-order chi connectivity index (χ1) is 7.11. The fourth-order valence-corrected chi connectivity index (χ4v) is 1.03. The van der Waals surface area contributed by atoms with Crippen LogP contribution >= 0.6 is 0 Å². The normalized spacial score (nSPS) is 10.6. The largest absolute Gasteiger partial charge is 0.463 e. The van der Waals surface area contributed by atoms with E-state index in [4.69, 9.17) is 0 Å². The molecule has 1 aromatic carbocycles. The van der Waals surface area contributed by atoms with Crippen molar-refractivity contribution in [3.63, 3.8) is 0 Å². The van der Waals surface area contributed by atoms with Gasteiger partial charge in [0.1, 0.15) is 11.6 Å². The van der Waals surface area contributed by atoms with Crippen molar-refractivity contribution in [2.75, 3.05) is 6.61 Å². The molecule has 2 nitrogen and oxygen atoms in total. The quantitative estimate of drug-likeness (QED) is 0.568. The molecule has 0 unspecified atom stereocenters. The molecular weight excluding hydrogens is 202 g/mol. The molecule has 0 N–H and O–H groups in total. The Morgan fingerprint density at radius 2 is 1.93 bits per heavy atom. The van der Waals surface area contributed by atoms with Crippen molar-refractivity contribution in [1.82, 2.24) is 0 Å². The maximum atomic E-state index is 12.7. The smallest absolute Gasteiger partial charge is 0.330 e. The van der Waals surface area contributed by atoms with E-state index in [1.54, 1.807) is 6.92 Å². The highest BCUT2D eigenvalue weighted by Gasteiger charge is 1.98. The van der Waals surface area contributed by atoms with Crippen molar-refractivity contribution in [2.45, 2.75) is 6.92 Å². The molecule has 0 amide bonds. The van der Waals surface area contributed by atoms with Crippen LogP contribution in [-0.4, -0.2) is 12.6 Å². The van der Waals surface area contributed by atoms with E-state index in [0.29, 0.717) is 0 Å². The van der Waals surface area contributed by atoms with Crippen LogP contribution in [0.5, 0.6) is 0 Å². The summed E-state index contributed by atoms with van der Waals surface area (Å²) >= 11 is 0. The third kappa shape index (κ3) is 3.89. The monoisotopic (exact) mass is 212 g/mol. The number of halogens is 2. The predicted molar refractivity (Wildman–Crippen MR) is 52.0 cm³/mol. The van der Waals surface area contributed by atoms with E-state index < -0.39 is 17.6 Å². The Balaban J connectivity index is 2.76. The summed E-state index contributed by atoms with van der Waals surface area (Å²) in [5.74, 6) is -1.90. The van der Waals surface area contributed by atoms with Gasteiger partial charge in [-0.1, -0.05) is 0 Å². The van der Waals surface area contributed by atoms with Gasteiger partial charge in [-0.15, -0.1) is 0 Å². The molecule has 0 saturated carbocycles. The van der Waals surface area contributed by atoms with Crippen LogP contribution in [0.2, 0.25) is 0 Å². The van der Waals surface area contributed by atoms with Crippen molar-refractivity contribution in [1.29, 1.82) is 0 Å². The molecular formula is C11H10F2O2. The van der Waals surface area contributed by atoms with Crippen LogP contribution in [0, 0.1) is 11.6 Å². The van der Waals surface area contributed by atoms with Crippen molar-refractivity contribution in [2.24, 2.45) is 0 Å². The van der Waals surface area contributed by atoms with E-state index in [1.165, 1.54) is 6.08 Å². The molecule has 1 aromatic rings. The molecule has 15 heavy (non-hydrogen) atoms. The maximum Gasteiger partial charge on any atom is 0.330 e. The number of rotatable bonds is 3. The van der Waals surface area contributed by atoms with E-state index in [1.807, 2.05) is 0 Å². The second-order valence-electron chi connectivity index (χ2n) is 2.79. The molecule has 0 aliphatic carbocycles. The number of hydrogen-bond donors (Lipinski definition) is 0. The van der Waals surface area contributed by atoms with Gasteiger partial charge < -0.3 is 4.74 Å². The maximum absolute atomic E-state index is 12.7. The summed E-state index contributed by atoms with van der Waals surface area (Å²) in [6, 6.07) is 3.01. The zero-order valence-electron chi connectivity index (χ0n) is 8.17. The van der Waals surface area contributed by atoms with E-state index >= 15 is 0 Å². The first-order valence-corrected chi connectivity index (χ1v) is 4.42. The highest BCUT2D eigenvalue weighted by atomic mass is 19.1. The summed E-state index contributed by atoms with van der Waals surface area (Å²) in [6.07, 6.45) is 2.42. The first kappa shape index (κ1) is 11.4. The molecule has 0 aliphatic rings. The van der Waals surface area contributed by atoms with Crippen molar-refractivity contribution in [3.8, 4) is 0 Å². The minimum atomic E-state index is -0.682. The first-order valence-electron chi connectivity index (χ1n) is 4.42. The lowest BCUT2D eigenvalue weighted by atomic mass is 10.2. The topological polar surface area (TPSA) is 26.3 Å². The van der Waals surface area contributed by atoms with Crippen LogP contribution < -0.4 is 0 Å². The zero-order valence-corrected chi connectivity index (χ0v) is 8.17. The molecule has 0 fully saturated rings. The summed E-state index contributed by atoms with van der Waals surface area (Å²) in [7, 11) is 0. The molecule has 0 atom stereocenters. The lowest BCUT2D eigenvalue weighted by Gasteiger charge is -1.96. The Morgan fingerprint density at radius 3 is 2.47 bits per heavy atom. The fourth-order valence-electron chi connectivity index (χ4n) is 1.03. The van der Waals surface area contributed by atoms with Gasteiger partial charge in [0.25, 0.3) is 0 Å². The molecule has 0 bridgehead atoms. The van der Waals surface area contributed by atoms with Gasteiger partial charge in [-0.2, -0.15) is 0 Å². The Labute approximate surface area is 86.2 Å². The Morgan fingerprint density at radius 1 is 1.33 bits per heavy atom. The van der Waals surface area contributed by atoms with E-state index in [0.717, 1.165) is 24.3 Å². The molecule has 0 saturated heterocycles. The van der Waals surface area contributed by atoms with Crippen LogP contribution in [0.4, 0.5) is 8.78 Å². The molecule has 0 radical (unpaired) electrons. The molecule has 0 spiro atoms. The zero-order chi connectivity index (χ0) is 11.3. The second kappa shape index (κ2) is 5.24. The van der Waals surface area contributed by atoms with Crippen LogP contribution in [-0.2, 0) is 9.53 Å². The summed E-state index contributed by atoms with van der Waals surface area (Å²) in [4.78, 5) is 10.9. The second-order valence-corrected chi connectivity index (χ2v) is 2.79. The molecule has 4 heteroatoms. The minimum Gasteiger partial charge on any atom is -0.463 e. The average molecular weight is 212 g/mol. The Bertz CT molecular complexity index is 366. The van der Waals surface area contributed by atoms with Crippen LogP contribution in [0.1, 0.15) is 12.5 Å². The minimum absolute atomic E-state index is 0.265. The van der Waals surface area contributed by atoms with Crippen LogP contribution in [0.3, 0.4) is 0 Å². The van der Waals surface area contributed by atoms with Crippen LogP contribution in [0.15, 0.2) is 24.3 Å². The number of esters is 1. The van der Waals surface area contributed by atoms with Crippen LogP contribution in [0.25, 0.3) is 6.08 Å². The van der Waals surface area contributed by atoms with Gasteiger partial charge in [0.15, 0.2) is 0 Å². The van der Waals surface area contributed by atoms with Gasteiger partial charge in [-0.25, -0.2) is 13.6 Å². The summed E-state index contributed by atoms with van der Waals surface area (Å²) < 4.78 is 30.0. The highest BCUT2D eigenvalue weighted by Crippen LogP contribution is 2.09. The third-order valence-corrected chi connectivity index (χ3v) is 1.58. The number of carbonyl (C=O) groups is 1. The van der Waals surface area contributed by atoms with Crippen molar-refractivity contribution < 1.29 is 18.3 Å². The fraction of sp³-hybridized carbons (Fsp3) is 0.182. The van der Waals surface area contributed by atoms with Gasteiger partial charge in [0.05, 0.1) is 6.61 Å². The lowest BCUT2D eigenvalue weighted by molar-refractivity contribution is -0.137. The van der Waals surface area contributed by atoms with Gasteiger partial charge in [-0.05, 0) is 30.7 Å². The van der Waals surface area contributed by atoms with Gasteiger partial charge in [-0.3, -0.25) is 0 Å². The van der Waals surface area contributed by atoms with E-state index in [-0.39, 0.29) is 12.2 Å². The van der Waals surface area contributed by atoms with Crippen molar-refractivity contribution in [3.05, 3.63) is 41.5 Å². The van der Waals surface area contributed by atoms with E-state index in [9.17, 15) is 13.6 Å². The average Bonchev–Trinajstić information content (AvgIpc) is 2.14. The molecule has 0 aromatic heterocycles. The molecule has 0 heterocycles. The summed E-state index contributed by atoms with van der Waals surface area (Å²) in [5.41, 5.74) is 0.278. The number of carbonyl (C=O) groups excluding carboxylic acids is 1. The molecule has 1 rings (SSSR count). The van der Waals surface area contributed by atoms with Gasteiger partial charge >= 0.3 is 5.97 Å².